The van der Waals surface area contributed by atoms with Gasteiger partial charge in [0.05, 0.1) is 17.2 Å². The molecule has 0 bridgehead atoms. The molecule has 0 saturated carbocycles. The van der Waals surface area contributed by atoms with Gasteiger partial charge in [-0.25, -0.2) is 9.97 Å². The van der Waals surface area contributed by atoms with E-state index in [0.717, 1.165) is 17.1 Å². The Hall–Kier alpha value is -3.14. The number of aromatic nitrogens is 2. The lowest BCUT2D eigenvalue weighted by atomic mass is 10.1. The summed E-state index contributed by atoms with van der Waals surface area (Å²) in [5, 5.41) is 0.872. The molecule has 0 aliphatic carbocycles. The molecule has 6 nitrogen and oxygen atoms in total. The fourth-order valence-electron chi connectivity index (χ4n) is 2.75. The third-order valence-electron chi connectivity index (χ3n) is 3.94. The Morgan fingerprint density at radius 3 is 2.57 bits per heavy atom. The largest absolute Gasteiger partial charge is 0.534 e. The molecular formula is C18H11F3N2O4S. The van der Waals surface area contributed by atoms with Gasteiger partial charge in [0, 0.05) is 10.9 Å². The van der Waals surface area contributed by atoms with E-state index in [0.29, 0.717) is 22.4 Å². The molecule has 144 valence electrons. The molecule has 0 atom stereocenters. The summed E-state index contributed by atoms with van der Waals surface area (Å²) in [4.78, 5) is 7.92. The fourth-order valence-corrected chi connectivity index (χ4v) is 3.15. The molecule has 4 rings (SSSR count). The van der Waals surface area contributed by atoms with Crippen molar-refractivity contribution in [1.29, 1.82) is 0 Å². The van der Waals surface area contributed by atoms with Gasteiger partial charge in [0.25, 0.3) is 5.88 Å². The van der Waals surface area contributed by atoms with Gasteiger partial charge in [0.1, 0.15) is 11.3 Å². The molecule has 2 heterocycles. The van der Waals surface area contributed by atoms with E-state index in [1.165, 1.54) is 0 Å². The summed E-state index contributed by atoms with van der Waals surface area (Å²) >= 11 is 0. The number of benzene rings is 2. The molecule has 10 heteroatoms. The number of furan rings is 1. The van der Waals surface area contributed by atoms with Crippen molar-refractivity contribution in [3.63, 3.8) is 0 Å². The van der Waals surface area contributed by atoms with Gasteiger partial charge in [-0.3, -0.25) is 0 Å². The number of aryl methyl sites for hydroxylation is 1. The standard InChI is InChI=1S/C18H11F3N2O4S/c1-10-6-12(15-8-11-4-2-3-5-14(11)26-15)17-13(7-10)23-16(9-22-17)27-28(24,25)18(19,20)21/h2-9H,1H3. The van der Waals surface area contributed by atoms with Crippen LogP contribution in [0, 0.1) is 6.92 Å². The number of para-hydroxylation sites is 1. The highest BCUT2D eigenvalue weighted by Gasteiger charge is 2.49. The van der Waals surface area contributed by atoms with Crippen LogP contribution in [0.15, 0.2) is 53.1 Å². The third-order valence-corrected chi connectivity index (χ3v) is 4.90. The Morgan fingerprint density at radius 2 is 1.86 bits per heavy atom. The lowest BCUT2D eigenvalue weighted by molar-refractivity contribution is -0.0501. The molecule has 28 heavy (non-hydrogen) atoms. The van der Waals surface area contributed by atoms with Crippen molar-refractivity contribution in [3.05, 3.63) is 54.2 Å². The second-order valence-electron chi connectivity index (χ2n) is 6.02. The Kier molecular flexibility index (Phi) is 4.03. The second-order valence-corrected chi connectivity index (χ2v) is 7.56. The minimum absolute atomic E-state index is 0.172. The molecule has 0 N–H and O–H groups in total. The number of rotatable bonds is 3. The van der Waals surface area contributed by atoms with Crippen LogP contribution in [0.25, 0.3) is 33.3 Å². The monoisotopic (exact) mass is 408 g/mol. The Bertz CT molecular complexity index is 1280. The van der Waals surface area contributed by atoms with Crippen molar-refractivity contribution in [2.45, 2.75) is 12.4 Å². The van der Waals surface area contributed by atoms with Gasteiger partial charge in [0.2, 0.25) is 0 Å². The number of halogens is 3. The van der Waals surface area contributed by atoms with Gasteiger partial charge in [-0.1, -0.05) is 18.2 Å². The van der Waals surface area contributed by atoms with Crippen molar-refractivity contribution in [3.8, 4) is 17.2 Å². The lowest BCUT2D eigenvalue weighted by Gasteiger charge is -2.10. The number of alkyl halides is 3. The molecule has 4 aromatic rings. The van der Waals surface area contributed by atoms with Gasteiger partial charge in [-0.15, -0.1) is 0 Å². The summed E-state index contributed by atoms with van der Waals surface area (Å²) in [6.45, 7) is 1.76. The van der Waals surface area contributed by atoms with E-state index >= 15 is 0 Å². The highest BCUT2D eigenvalue weighted by Crippen LogP contribution is 2.33. The second kappa shape index (κ2) is 6.20. The van der Waals surface area contributed by atoms with E-state index in [4.69, 9.17) is 4.42 Å². The lowest BCUT2D eigenvalue weighted by Crippen LogP contribution is -2.28. The van der Waals surface area contributed by atoms with Crippen LogP contribution in [0.1, 0.15) is 5.56 Å². The minimum Gasteiger partial charge on any atom is -0.456 e. The molecule has 0 unspecified atom stereocenters. The Balaban J connectivity index is 1.84. The molecule has 2 aromatic heterocycles. The predicted octanol–water partition coefficient (Wildman–Crippen LogP) is 4.58. The van der Waals surface area contributed by atoms with Crippen LogP contribution in [0.4, 0.5) is 13.2 Å². The molecular weight excluding hydrogens is 397 g/mol. The highest BCUT2D eigenvalue weighted by atomic mass is 32.2. The number of hydrogen-bond acceptors (Lipinski definition) is 6. The fraction of sp³-hybridized carbons (Fsp3) is 0.111. The SMILES string of the molecule is Cc1cc(-c2cc3ccccc3o2)c2ncc(OS(=O)(=O)C(F)(F)F)nc2c1. The van der Waals surface area contributed by atoms with Crippen molar-refractivity contribution in [2.75, 3.05) is 0 Å². The predicted molar refractivity (Wildman–Crippen MR) is 95.1 cm³/mol. The van der Waals surface area contributed by atoms with Crippen molar-refractivity contribution in [2.24, 2.45) is 0 Å². The van der Waals surface area contributed by atoms with Gasteiger partial charge < -0.3 is 8.60 Å². The van der Waals surface area contributed by atoms with Crippen LogP contribution in [0.3, 0.4) is 0 Å². The Labute approximate surface area is 156 Å². The van der Waals surface area contributed by atoms with Crippen molar-refractivity contribution < 1.29 is 30.2 Å². The number of fused-ring (bicyclic) bond motifs is 2. The van der Waals surface area contributed by atoms with Gasteiger partial charge in [0.15, 0.2) is 0 Å². The van der Waals surface area contributed by atoms with E-state index < -0.39 is 21.5 Å². The van der Waals surface area contributed by atoms with E-state index in [1.54, 1.807) is 25.1 Å². The quantitative estimate of drug-likeness (QED) is 0.365. The van der Waals surface area contributed by atoms with Crippen molar-refractivity contribution in [1.82, 2.24) is 9.97 Å². The zero-order valence-electron chi connectivity index (χ0n) is 14.2. The first-order valence-electron chi connectivity index (χ1n) is 7.91. The first-order chi connectivity index (χ1) is 13.1. The maximum absolute atomic E-state index is 12.5. The smallest absolute Gasteiger partial charge is 0.456 e. The molecule has 0 radical (unpaired) electrons. The molecule has 2 aromatic carbocycles. The summed E-state index contributed by atoms with van der Waals surface area (Å²) in [5.74, 6) is -0.272. The maximum atomic E-state index is 12.5. The first-order valence-corrected chi connectivity index (χ1v) is 9.32. The first kappa shape index (κ1) is 18.2. The van der Waals surface area contributed by atoms with Crippen LogP contribution in [-0.2, 0) is 10.1 Å². The van der Waals surface area contributed by atoms with E-state index in [-0.39, 0.29) is 5.52 Å². The number of hydrogen-bond donors (Lipinski definition) is 0. The maximum Gasteiger partial charge on any atom is 0.534 e. The van der Waals surface area contributed by atoms with E-state index in [9.17, 15) is 21.6 Å². The van der Waals surface area contributed by atoms with Gasteiger partial charge in [-0.2, -0.15) is 21.6 Å². The minimum atomic E-state index is -5.83. The van der Waals surface area contributed by atoms with Crippen LogP contribution in [0.5, 0.6) is 5.88 Å². The topological polar surface area (TPSA) is 82.3 Å². The third kappa shape index (κ3) is 3.15. The molecule has 0 spiro atoms. The van der Waals surface area contributed by atoms with Crippen LogP contribution in [0.2, 0.25) is 0 Å². The zero-order valence-corrected chi connectivity index (χ0v) is 15.0. The highest BCUT2D eigenvalue weighted by molar-refractivity contribution is 7.87. The van der Waals surface area contributed by atoms with E-state index in [2.05, 4.69) is 14.2 Å². The molecule has 0 fully saturated rings. The summed E-state index contributed by atoms with van der Waals surface area (Å²) in [5.41, 5.74) is -3.09. The van der Waals surface area contributed by atoms with Gasteiger partial charge >= 0.3 is 15.6 Å². The van der Waals surface area contributed by atoms with Gasteiger partial charge in [-0.05, 0) is 36.8 Å². The van der Waals surface area contributed by atoms with Crippen LogP contribution < -0.4 is 4.18 Å². The number of nitrogens with zero attached hydrogens (tertiary/aromatic N) is 2. The molecule has 0 aliphatic rings. The van der Waals surface area contributed by atoms with E-state index in [1.807, 2.05) is 24.3 Å². The summed E-state index contributed by atoms with van der Waals surface area (Å²) in [6, 6.07) is 12.5. The molecule has 0 aliphatic heterocycles. The van der Waals surface area contributed by atoms with Crippen molar-refractivity contribution >= 4 is 32.1 Å². The summed E-state index contributed by atoms with van der Waals surface area (Å²) < 4.78 is 69.8. The van der Waals surface area contributed by atoms with Crippen LogP contribution >= 0.6 is 0 Å². The average Bonchev–Trinajstić information content (AvgIpc) is 3.03. The van der Waals surface area contributed by atoms with Crippen LogP contribution in [-0.4, -0.2) is 23.9 Å². The molecule has 0 amide bonds. The zero-order chi connectivity index (χ0) is 20.1. The normalized spacial score (nSPS) is 12.6. The molecule has 0 saturated heterocycles. The summed E-state index contributed by atoms with van der Waals surface area (Å²) in [7, 11) is -5.83. The average molecular weight is 408 g/mol. The summed E-state index contributed by atoms with van der Waals surface area (Å²) in [6.07, 6.45) is 0.826. The Morgan fingerprint density at radius 1 is 1.11 bits per heavy atom.